The van der Waals surface area contributed by atoms with Crippen LogP contribution < -0.4 is 0 Å². The third kappa shape index (κ3) is 2.58. The van der Waals surface area contributed by atoms with Crippen LogP contribution >= 0.6 is 7.67 Å². The molecular formula is C8H16N2O4P. The summed E-state index contributed by atoms with van der Waals surface area (Å²) in [6, 6.07) is 0. The molecule has 87 valence electrons. The summed E-state index contributed by atoms with van der Waals surface area (Å²) in [5.41, 5.74) is 0. The second-order valence-corrected chi connectivity index (χ2v) is 5.74. The van der Waals surface area contributed by atoms with Gasteiger partial charge in [-0.1, -0.05) is 0 Å². The Kier molecular flexibility index (Phi) is 3.77. The molecule has 2 fully saturated rings. The van der Waals surface area contributed by atoms with Gasteiger partial charge in [0.1, 0.15) is 0 Å². The Hall–Kier alpha value is 0.0300. The van der Waals surface area contributed by atoms with E-state index in [9.17, 15) is 9.46 Å². The lowest BCUT2D eigenvalue weighted by Crippen LogP contribution is -2.42. The van der Waals surface area contributed by atoms with Crippen LogP contribution in [0.1, 0.15) is 0 Å². The predicted octanol–water partition coefficient (Wildman–Crippen LogP) is 0.189. The Morgan fingerprint density at radius 2 is 1.13 bits per heavy atom. The van der Waals surface area contributed by atoms with Gasteiger partial charge >= 0.3 is 7.67 Å². The molecule has 7 heteroatoms. The average Bonchev–Trinajstić information content (AvgIpc) is 2.31. The highest BCUT2D eigenvalue weighted by molar-refractivity contribution is 7.52. The fourth-order valence-corrected chi connectivity index (χ4v) is 3.49. The first-order valence-electron chi connectivity index (χ1n) is 5.18. The minimum Gasteiger partial charge on any atom is -0.379 e. The molecule has 2 aliphatic heterocycles. The molecule has 0 unspecified atom stereocenters. The molecule has 0 aromatic rings. The fraction of sp³-hybridized carbons (Fsp3) is 1.00. The topological polar surface area (TPSA) is 61.9 Å². The molecule has 2 heterocycles. The van der Waals surface area contributed by atoms with Crippen molar-refractivity contribution in [2.45, 2.75) is 0 Å². The van der Waals surface area contributed by atoms with E-state index in [4.69, 9.17) is 9.47 Å². The second-order valence-electron chi connectivity index (χ2n) is 3.62. The van der Waals surface area contributed by atoms with Gasteiger partial charge in [-0.15, -0.1) is 4.89 Å². The van der Waals surface area contributed by atoms with Crippen LogP contribution in [0, 0.1) is 0 Å². The van der Waals surface area contributed by atoms with E-state index in [0.717, 1.165) is 0 Å². The van der Waals surface area contributed by atoms with Crippen LogP contribution in [0.3, 0.4) is 0 Å². The second kappa shape index (κ2) is 4.91. The van der Waals surface area contributed by atoms with E-state index in [1.54, 1.807) is 0 Å². The molecule has 0 bridgehead atoms. The smallest absolute Gasteiger partial charge is 0.374 e. The zero-order valence-electron chi connectivity index (χ0n) is 8.63. The number of ether oxygens (including phenoxy) is 2. The first kappa shape index (κ1) is 11.5. The van der Waals surface area contributed by atoms with Gasteiger partial charge in [0.15, 0.2) is 0 Å². The minimum absolute atomic E-state index is 0.470. The van der Waals surface area contributed by atoms with Crippen LogP contribution in [0.25, 0.3) is 0 Å². The Balaban J connectivity index is 1.99. The van der Waals surface area contributed by atoms with Gasteiger partial charge in [0.25, 0.3) is 0 Å². The SMILES string of the molecule is [O]P(=O)(N1CCOCC1)N1CCOCC1. The van der Waals surface area contributed by atoms with Gasteiger partial charge in [0.2, 0.25) is 0 Å². The van der Waals surface area contributed by atoms with E-state index < -0.39 is 7.67 Å². The monoisotopic (exact) mass is 235 g/mol. The predicted molar refractivity (Wildman–Crippen MR) is 53.1 cm³/mol. The number of hydrogen-bond donors (Lipinski definition) is 0. The van der Waals surface area contributed by atoms with Crippen molar-refractivity contribution in [3.63, 3.8) is 0 Å². The van der Waals surface area contributed by atoms with Gasteiger partial charge in [-0.2, -0.15) is 0 Å². The largest absolute Gasteiger partial charge is 0.379 e. The van der Waals surface area contributed by atoms with Crippen molar-refractivity contribution in [2.75, 3.05) is 52.6 Å². The molecule has 2 aliphatic rings. The van der Waals surface area contributed by atoms with Gasteiger partial charge in [-0.05, 0) is 0 Å². The molecule has 15 heavy (non-hydrogen) atoms. The summed E-state index contributed by atoms with van der Waals surface area (Å²) >= 11 is 0. The van der Waals surface area contributed by atoms with Gasteiger partial charge in [0, 0.05) is 26.2 Å². The van der Waals surface area contributed by atoms with Crippen molar-refractivity contribution in [3.8, 4) is 0 Å². The van der Waals surface area contributed by atoms with Crippen LogP contribution in [-0.4, -0.2) is 61.9 Å². The summed E-state index contributed by atoms with van der Waals surface area (Å²) in [6.07, 6.45) is 0. The van der Waals surface area contributed by atoms with Crippen LogP contribution in [0.15, 0.2) is 0 Å². The molecular weight excluding hydrogens is 219 g/mol. The van der Waals surface area contributed by atoms with Gasteiger partial charge in [0.05, 0.1) is 26.4 Å². The van der Waals surface area contributed by atoms with Crippen LogP contribution in [0.4, 0.5) is 0 Å². The van der Waals surface area contributed by atoms with Crippen molar-refractivity contribution in [3.05, 3.63) is 0 Å². The summed E-state index contributed by atoms with van der Waals surface area (Å²) < 4.78 is 25.4. The van der Waals surface area contributed by atoms with Crippen molar-refractivity contribution in [1.29, 1.82) is 0 Å². The van der Waals surface area contributed by atoms with E-state index in [2.05, 4.69) is 0 Å². The first-order chi connectivity index (χ1) is 7.21. The zero-order valence-corrected chi connectivity index (χ0v) is 9.53. The molecule has 0 aliphatic carbocycles. The first-order valence-corrected chi connectivity index (χ1v) is 6.72. The summed E-state index contributed by atoms with van der Waals surface area (Å²) in [4.78, 5) is 12.1. The molecule has 6 nitrogen and oxygen atoms in total. The standard InChI is InChI=1S/C8H16N2O4P/c11-15(12,9-1-5-13-6-2-9)10-3-7-14-8-4-10/h1-8H2. The molecule has 0 aromatic carbocycles. The molecule has 0 atom stereocenters. The third-order valence-corrected chi connectivity index (χ3v) is 4.92. The number of hydrogen-bond acceptors (Lipinski definition) is 3. The number of nitrogens with zero attached hydrogens (tertiary/aromatic N) is 2. The maximum absolute atomic E-state index is 12.1. The van der Waals surface area contributed by atoms with Crippen LogP contribution in [0.2, 0.25) is 0 Å². The Bertz CT molecular complexity index is 229. The minimum atomic E-state index is -3.59. The summed E-state index contributed by atoms with van der Waals surface area (Å²) in [7, 11) is -3.59. The van der Waals surface area contributed by atoms with Crippen molar-refractivity contribution >= 4 is 7.67 Å². The highest BCUT2D eigenvalue weighted by atomic mass is 31.2. The Labute approximate surface area is 89.3 Å². The van der Waals surface area contributed by atoms with Gasteiger partial charge < -0.3 is 9.47 Å². The normalized spacial score (nSPS) is 26.7. The van der Waals surface area contributed by atoms with E-state index in [-0.39, 0.29) is 0 Å². The highest BCUT2D eigenvalue weighted by Crippen LogP contribution is 2.50. The maximum Gasteiger partial charge on any atom is 0.374 e. The Morgan fingerprint density at radius 3 is 1.47 bits per heavy atom. The lowest BCUT2D eigenvalue weighted by Gasteiger charge is -2.37. The van der Waals surface area contributed by atoms with E-state index >= 15 is 0 Å². The third-order valence-electron chi connectivity index (χ3n) is 2.69. The molecule has 0 aromatic heterocycles. The Morgan fingerprint density at radius 1 is 0.800 bits per heavy atom. The maximum atomic E-state index is 12.1. The molecule has 0 spiro atoms. The lowest BCUT2D eigenvalue weighted by molar-refractivity contribution is 0.0396. The van der Waals surface area contributed by atoms with Crippen LogP contribution in [-0.2, 0) is 18.9 Å². The molecule has 2 saturated heterocycles. The molecule has 2 rings (SSSR count). The zero-order chi connectivity index (χ0) is 10.7. The van der Waals surface area contributed by atoms with Gasteiger partial charge in [-0.3, -0.25) is 4.57 Å². The summed E-state index contributed by atoms with van der Waals surface area (Å²) in [5.74, 6) is 0. The van der Waals surface area contributed by atoms with Gasteiger partial charge in [-0.25, -0.2) is 9.34 Å². The summed E-state index contributed by atoms with van der Waals surface area (Å²) in [5, 5.41) is 0. The van der Waals surface area contributed by atoms with E-state index in [0.29, 0.717) is 52.6 Å². The molecule has 0 N–H and O–H groups in total. The summed E-state index contributed by atoms with van der Waals surface area (Å²) in [6.45, 7) is 3.87. The van der Waals surface area contributed by atoms with E-state index in [1.165, 1.54) is 9.34 Å². The quantitative estimate of drug-likeness (QED) is 0.639. The van der Waals surface area contributed by atoms with Crippen molar-refractivity contribution in [2.24, 2.45) is 0 Å². The van der Waals surface area contributed by atoms with Crippen LogP contribution in [0.5, 0.6) is 0 Å². The fourth-order valence-electron chi connectivity index (χ4n) is 1.79. The van der Waals surface area contributed by atoms with Crippen molar-refractivity contribution in [1.82, 2.24) is 9.34 Å². The molecule has 0 saturated carbocycles. The highest BCUT2D eigenvalue weighted by Gasteiger charge is 2.38. The average molecular weight is 235 g/mol. The molecule has 1 radical (unpaired) electrons. The van der Waals surface area contributed by atoms with Crippen molar-refractivity contribution < 1.29 is 18.9 Å². The lowest BCUT2D eigenvalue weighted by atomic mass is 10.5. The number of rotatable bonds is 2. The van der Waals surface area contributed by atoms with E-state index in [1.807, 2.05) is 0 Å². The number of morpholine rings is 2. The molecule has 0 amide bonds.